The molecule has 0 fully saturated rings. The van der Waals surface area contributed by atoms with Crippen molar-refractivity contribution in [2.75, 3.05) is 6.54 Å². The van der Waals surface area contributed by atoms with Crippen molar-refractivity contribution in [3.05, 3.63) is 100 Å². The first-order valence-corrected chi connectivity index (χ1v) is 14.3. The zero-order valence-electron chi connectivity index (χ0n) is 23.9. The smallest absolute Gasteiger partial charge is 0.335 e. The normalized spacial score (nSPS) is 13.3. The van der Waals surface area contributed by atoms with Gasteiger partial charge in [0.05, 0.1) is 0 Å². The average molecular weight is 631 g/mol. The van der Waals surface area contributed by atoms with Crippen LogP contribution in [0.1, 0.15) is 56.7 Å². The summed E-state index contributed by atoms with van der Waals surface area (Å²) in [5, 5.41) is 32.5. The van der Waals surface area contributed by atoms with Crippen molar-refractivity contribution < 1.29 is 34.8 Å². The van der Waals surface area contributed by atoms with Gasteiger partial charge in [-0.25, -0.2) is 9.59 Å². The fourth-order valence-corrected chi connectivity index (χ4v) is 4.89. The molecule has 0 aliphatic heterocycles. The van der Waals surface area contributed by atoms with Crippen LogP contribution in [0.25, 0.3) is 0 Å². The summed E-state index contributed by atoms with van der Waals surface area (Å²) in [6.45, 7) is 10.7. The van der Waals surface area contributed by atoms with E-state index in [4.69, 9.17) is 25.2 Å². The Morgan fingerprint density at radius 2 is 1.32 bits per heavy atom. The molecule has 0 radical (unpaired) electrons. The topological polar surface area (TPSA) is 128 Å². The molecule has 222 valence electrons. The van der Waals surface area contributed by atoms with Crippen molar-refractivity contribution in [3.8, 4) is 5.75 Å². The number of carboxylic acid groups (broad SMARTS) is 2. The van der Waals surface area contributed by atoms with Crippen LogP contribution in [-0.4, -0.2) is 68.1 Å². The maximum atomic E-state index is 9.77. The summed E-state index contributed by atoms with van der Waals surface area (Å²) >= 11 is 3.69. The first-order chi connectivity index (χ1) is 19.4. The van der Waals surface area contributed by atoms with Crippen LogP contribution in [0.3, 0.4) is 0 Å². The monoisotopic (exact) mass is 629 g/mol. The Morgan fingerprint density at radius 1 is 0.805 bits per heavy atom. The number of aliphatic hydroxyl groups excluding tert-OH is 2. The predicted molar refractivity (Wildman–Crippen MR) is 162 cm³/mol. The van der Waals surface area contributed by atoms with Crippen molar-refractivity contribution in [3.63, 3.8) is 0 Å². The molecule has 3 aromatic carbocycles. The minimum absolute atomic E-state index is 0.268. The van der Waals surface area contributed by atoms with Crippen LogP contribution in [0.15, 0.2) is 83.3 Å². The zero-order chi connectivity index (χ0) is 30.5. The van der Waals surface area contributed by atoms with Crippen molar-refractivity contribution in [1.82, 2.24) is 4.90 Å². The molecule has 0 aliphatic rings. The van der Waals surface area contributed by atoms with Gasteiger partial charge in [-0.3, -0.25) is 4.90 Å². The molecule has 0 saturated carbocycles. The lowest BCUT2D eigenvalue weighted by atomic mass is 9.87. The highest BCUT2D eigenvalue weighted by atomic mass is 79.9. The minimum atomic E-state index is -2.27. The molecule has 3 aromatic rings. The molecule has 41 heavy (non-hydrogen) atoms. The van der Waals surface area contributed by atoms with Crippen LogP contribution in [0, 0.1) is 0 Å². The summed E-state index contributed by atoms with van der Waals surface area (Å²) in [5.74, 6) is -2.31. The summed E-state index contributed by atoms with van der Waals surface area (Å²) in [4.78, 5) is 22.1. The molecule has 3 atom stereocenters. The number of nitrogens with zero attached hydrogens (tertiary/aromatic N) is 1. The highest BCUT2D eigenvalue weighted by Crippen LogP contribution is 2.37. The molecule has 0 heterocycles. The van der Waals surface area contributed by atoms with E-state index in [2.05, 4.69) is 121 Å². The Kier molecular flexibility index (Phi) is 14.0. The van der Waals surface area contributed by atoms with Gasteiger partial charge < -0.3 is 25.2 Å². The molecule has 2 unspecified atom stereocenters. The quantitative estimate of drug-likeness (QED) is 0.194. The summed E-state index contributed by atoms with van der Waals surface area (Å²) in [6, 6.07) is 28.6. The van der Waals surface area contributed by atoms with Crippen molar-refractivity contribution in [1.29, 1.82) is 0 Å². The minimum Gasteiger partial charge on any atom is -0.489 e. The van der Waals surface area contributed by atoms with Gasteiger partial charge in [-0.2, -0.15) is 0 Å². The van der Waals surface area contributed by atoms with Gasteiger partial charge in [0.2, 0.25) is 0 Å². The predicted octanol–water partition coefficient (Wildman–Crippen LogP) is 5.55. The van der Waals surface area contributed by atoms with E-state index < -0.39 is 24.1 Å². The van der Waals surface area contributed by atoms with Gasteiger partial charge in [0.1, 0.15) is 12.4 Å². The lowest BCUT2D eigenvalue weighted by Gasteiger charge is -2.32. The Bertz CT molecular complexity index is 1200. The van der Waals surface area contributed by atoms with Gasteiger partial charge in [-0.15, -0.1) is 0 Å². The van der Waals surface area contributed by atoms with Crippen molar-refractivity contribution >= 4 is 27.9 Å². The number of rotatable bonds is 13. The first-order valence-electron chi connectivity index (χ1n) is 13.5. The molecule has 0 spiro atoms. The van der Waals surface area contributed by atoms with E-state index in [1.807, 2.05) is 6.07 Å². The number of hydrogen-bond acceptors (Lipinski definition) is 6. The SMILES string of the molecule is CC(C)N(CC[C@H](c1ccccc1)c1cc(Br)ccc1OCc1ccccc1)C(C)C.O=C(O)C(O)C(O)C(=O)O. The van der Waals surface area contributed by atoms with Crippen LogP contribution in [0.5, 0.6) is 5.75 Å². The van der Waals surface area contributed by atoms with Gasteiger partial charge >= 0.3 is 11.9 Å². The number of carboxylic acids is 2. The maximum absolute atomic E-state index is 9.77. The largest absolute Gasteiger partial charge is 0.489 e. The van der Waals surface area contributed by atoms with Crippen LogP contribution >= 0.6 is 15.9 Å². The van der Waals surface area contributed by atoms with Gasteiger partial charge in [0.15, 0.2) is 12.2 Å². The number of carbonyl (C=O) groups is 2. The van der Waals surface area contributed by atoms with E-state index in [1.54, 1.807) is 0 Å². The molecule has 0 bridgehead atoms. The second kappa shape index (κ2) is 16.9. The van der Waals surface area contributed by atoms with E-state index in [-0.39, 0.29) is 5.92 Å². The fourth-order valence-electron chi connectivity index (χ4n) is 4.51. The molecule has 0 saturated heterocycles. The lowest BCUT2D eigenvalue weighted by molar-refractivity contribution is -0.165. The van der Waals surface area contributed by atoms with Crippen LogP contribution in [0.4, 0.5) is 0 Å². The highest BCUT2D eigenvalue weighted by molar-refractivity contribution is 9.10. The van der Waals surface area contributed by atoms with Gasteiger partial charge in [0.25, 0.3) is 0 Å². The van der Waals surface area contributed by atoms with E-state index >= 15 is 0 Å². The zero-order valence-corrected chi connectivity index (χ0v) is 25.4. The molecule has 0 aromatic heterocycles. The molecule has 8 nitrogen and oxygen atoms in total. The number of hydrogen-bond donors (Lipinski definition) is 4. The Labute approximate surface area is 250 Å². The second-order valence-electron chi connectivity index (χ2n) is 10.2. The van der Waals surface area contributed by atoms with Crippen LogP contribution < -0.4 is 4.74 Å². The number of aliphatic hydroxyl groups is 2. The third kappa shape index (κ3) is 10.9. The summed E-state index contributed by atoms with van der Waals surface area (Å²) < 4.78 is 7.43. The van der Waals surface area contributed by atoms with E-state index in [1.165, 1.54) is 16.7 Å². The second-order valence-corrected chi connectivity index (χ2v) is 11.1. The average Bonchev–Trinajstić information content (AvgIpc) is 2.94. The van der Waals surface area contributed by atoms with Crippen molar-refractivity contribution in [2.24, 2.45) is 0 Å². The number of halogens is 1. The van der Waals surface area contributed by atoms with Gasteiger partial charge in [-0.05, 0) is 70.0 Å². The molecular formula is C32H40BrNO7. The first kappa shape index (κ1) is 34.0. The number of ether oxygens (including phenoxy) is 1. The molecule has 3 rings (SSSR count). The van der Waals surface area contributed by atoms with E-state index in [0.29, 0.717) is 18.7 Å². The molecule has 4 N–H and O–H groups in total. The van der Waals surface area contributed by atoms with Crippen LogP contribution in [0.2, 0.25) is 0 Å². The Balaban J connectivity index is 0.000000503. The Morgan fingerprint density at radius 3 is 1.80 bits per heavy atom. The molecule has 9 heteroatoms. The van der Waals surface area contributed by atoms with Gasteiger partial charge in [-0.1, -0.05) is 76.6 Å². The summed E-state index contributed by atoms with van der Waals surface area (Å²) in [7, 11) is 0. The van der Waals surface area contributed by atoms with Gasteiger partial charge in [0, 0.05) is 28.0 Å². The Hall–Kier alpha value is -3.24. The third-order valence-electron chi connectivity index (χ3n) is 6.59. The highest BCUT2D eigenvalue weighted by Gasteiger charge is 2.29. The van der Waals surface area contributed by atoms with E-state index in [0.717, 1.165) is 23.2 Å². The van der Waals surface area contributed by atoms with E-state index in [9.17, 15) is 9.59 Å². The lowest BCUT2D eigenvalue weighted by Crippen LogP contribution is -2.39. The standard InChI is InChI=1S/C28H34BrNO.C4H6O6/c1-21(2)30(22(3)4)18-17-26(24-13-9-6-10-14-24)27-19-25(29)15-16-28(27)31-20-23-11-7-5-8-12-23;5-1(3(7)8)2(6)4(9)10/h5-16,19,21-22,26H,17-18,20H2,1-4H3;1-2,5-6H,(H,7,8)(H,9,10)/t26-;/m1./s1. The van der Waals surface area contributed by atoms with Crippen LogP contribution in [-0.2, 0) is 16.2 Å². The van der Waals surface area contributed by atoms with Crippen molar-refractivity contribution in [2.45, 2.75) is 70.9 Å². The summed E-state index contributed by atoms with van der Waals surface area (Å²) in [6.07, 6.45) is -3.49. The molecular weight excluding hydrogens is 590 g/mol. The summed E-state index contributed by atoms with van der Waals surface area (Å²) in [5.41, 5.74) is 3.75. The number of benzene rings is 3. The maximum Gasteiger partial charge on any atom is 0.335 e. The molecule has 0 amide bonds. The fraction of sp³-hybridized carbons (Fsp3) is 0.375. The third-order valence-corrected chi connectivity index (χ3v) is 7.09. The molecule has 0 aliphatic carbocycles. The number of aliphatic carboxylic acids is 2.